The molecular weight excluding hydrogens is 376 g/mol. The van der Waals surface area contributed by atoms with Crippen LogP contribution in [-0.4, -0.2) is 44.8 Å². The smallest absolute Gasteiger partial charge is 0.258 e. The van der Waals surface area contributed by atoms with Gasteiger partial charge in [-0.25, -0.2) is 4.98 Å². The molecule has 0 radical (unpaired) electrons. The number of benzene rings is 2. The maximum Gasteiger partial charge on any atom is 0.258 e. The van der Waals surface area contributed by atoms with E-state index in [4.69, 9.17) is 0 Å². The van der Waals surface area contributed by atoms with E-state index in [0.29, 0.717) is 22.3 Å². The Morgan fingerprint density at radius 1 is 1.00 bits per heavy atom. The number of nitrogens with one attached hydrogen (secondary N) is 1. The van der Waals surface area contributed by atoms with Crippen molar-refractivity contribution in [2.75, 3.05) is 13.1 Å². The van der Waals surface area contributed by atoms with Gasteiger partial charge in [-0.05, 0) is 56.8 Å². The summed E-state index contributed by atoms with van der Waals surface area (Å²) < 4.78 is 0. The number of rotatable bonds is 8. The van der Waals surface area contributed by atoms with Gasteiger partial charge in [0, 0.05) is 18.2 Å². The molecule has 0 aliphatic rings. The second kappa shape index (κ2) is 9.67. The second-order valence-corrected chi connectivity index (χ2v) is 7.71. The summed E-state index contributed by atoms with van der Waals surface area (Å²) in [5, 5.41) is 0.549. The highest BCUT2D eigenvalue weighted by atomic mass is 16.2. The van der Waals surface area contributed by atoms with Gasteiger partial charge < -0.3 is 9.88 Å². The lowest BCUT2D eigenvalue weighted by atomic mass is 10.1. The van der Waals surface area contributed by atoms with Gasteiger partial charge in [-0.2, -0.15) is 0 Å². The van der Waals surface area contributed by atoms with E-state index in [1.54, 1.807) is 11.0 Å². The van der Waals surface area contributed by atoms with Crippen LogP contribution in [0.5, 0.6) is 0 Å². The van der Waals surface area contributed by atoms with Gasteiger partial charge >= 0.3 is 0 Å². The molecule has 6 nitrogen and oxygen atoms in total. The normalized spacial score (nSPS) is 11.4. The quantitative estimate of drug-likeness (QED) is 0.618. The van der Waals surface area contributed by atoms with Crippen molar-refractivity contribution in [1.82, 2.24) is 19.8 Å². The molecule has 6 heteroatoms. The van der Waals surface area contributed by atoms with Crippen LogP contribution in [0.25, 0.3) is 10.9 Å². The minimum Gasteiger partial charge on any atom is -0.329 e. The molecule has 0 unspecified atom stereocenters. The summed E-state index contributed by atoms with van der Waals surface area (Å²) >= 11 is 0. The van der Waals surface area contributed by atoms with Crippen LogP contribution in [0.4, 0.5) is 0 Å². The molecule has 3 aromatic rings. The first-order valence-electron chi connectivity index (χ1n) is 10.5. The van der Waals surface area contributed by atoms with Gasteiger partial charge in [-0.15, -0.1) is 0 Å². The molecule has 0 spiro atoms. The molecular formula is C24H30N4O2. The topological polar surface area (TPSA) is 69.3 Å². The Morgan fingerprint density at radius 2 is 1.67 bits per heavy atom. The van der Waals surface area contributed by atoms with Crippen LogP contribution in [0.1, 0.15) is 49.4 Å². The molecule has 1 N–H and O–H groups in total. The zero-order valence-corrected chi connectivity index (χ0v) is 18.2. The van der Waals surface area contributed by atoms with Crippen LogP contribution in [0.2, 0.25) is 0 Å². The highest BCUT2D eigenvalue weighted by Gasteiger charge is 2.20. The minimum absolute atomic E-state index is 0.0374. The number of aromatic nitrogens is 2. The summed E-state index contributed by atoms with van der Waals surface area (Å²) in [5.74, 6) is 0.411. The summed E-state index contributed by atoms with van der Waals surface area (Å²) in [4.78, 5) is 37.0. The molecule has 0 fully saturated rings. The molecule has 0 aliphatic carbocycles. The van der Waals surface area contributed by atoms with Crippen molar-refractivity contribution in [3.8, 4) is 0 Å². The van der Waals surface area contributed by atoms with Crippen LogP contribution < -0.4 is 5.56 Å². The van der Waals surface area contributed by atoms with Gasteiger partial charge in [0.05, 0.1) is 17.4 Å². The van der Waals surface area contributed by atoms with Gasteiger partial charge in [0.1, 0.15) is 5.82 Å². The highest BCUT2D eigenvalue weighted by molar-refractivity contribution is 5.94. The van der Waals surface area contributed by atoms with Crippen molar-refractivity contribution in [1.29, 1.82) is 0 Å². The van der Waals surface area contributed by atoms with Crippen LogP contribution in [0.3, 0.4) is 0 Å². The summed E-state index contributed by atoms with van der Waals surface area (Å²) in [5.41, 5.74) is 2.27. The zero-order valence-electron chi connectivity index (χ0n) is 18.2. The molecule has 0 bridgehead atoms. The van der Waals surface area contributed by atoms with Gasteiger partial charge in [-0.1, -0.05) is 38.1 Å². The Morgan fingerprint density at radius 3 is 2.30 bits per heavy atom. The lowest BCUT2D eigenvalue weighted by molar-refractivity contribution is 0.0685. The Balaban J connectivity index is 1.81. The molecule has 0 saturated heterocycles. The SMILES string of the molecule is CCN(CC)Cc1ccc(C(=O)N(Cc2nc3ccccc3c(=O)[nH]2)C(C)C)cc1. The number of carbonyl (C=O) groups excluding carboxylic acids is 1. The predicted octanol–water partition coefficient (Wildman–Crippen LogP) is 3.82. The van der Waals surface area contributed by atoms with Gasteiger partial charge in [0.15, 0.2) is 0 Å². The number of carbonyl (C=O) groups is 1. The van der Waals surface area contributed by atoms with Crippen molar-refractivity contribution in [2.45, 2.75) is 46.8 Å². The first-order chi connectivity index (χ1) is 14.4. The molecule has 1 heterocycles. The molecule has 0 aliphatic heterocycles. The van der Waals surface area contributed by atoms with E-state index >= 15 is 0 Å². The number of hydrogen-bond donors (Lipinski definition) is 1. The fraction of sp³-hybridized carbons (Fsp3) is 0.375. The molecule has 3 rings (SSSR count). The van der Waals surface area contributed by atoms with Gasteiger partial charge in [0.2, 0.25) is 0 Å². The minimum atomic E-state index is -0.187. The third kappa shape index (κ3) is 4.94. The number of hydrogen-bond acceptors (Lipinski definition) is 4. The third-order valence-electron chi connectivity index (χ3n) is 5.37. The Labute approximate surface area is 177 Å². The monoisotopic (exact) mass is 406 g/mol. The summed E-state index contributed by atoms with van der Waals surface area (Å²) in [7, 11) is 0. The average molecular weight is 407 g/mol. The van der Waals surface area contributed by atoms with Crippen LogP contribution in [-0.2, 0) is 13.1 Å². The predicted molar refractivity (Wildman–Crippen MR) is 120 cm³/mol. The molecule has 0 saturated carbocycles. The average Bonchev–Trinajstić information content (AvgIpc) is 2.75. The Hall–Kier alpha value is -2.99. The van der Waals surface area contributed by atoms with Crippen molar-refractivity contribution >= 4 is 16.8 Å². The molecule has 30 heavy (non-hydrogen) atoms. The maximum atomic E-state index is 13.2. The van der Waals surface area contributed by atoms with Crippen molar-refractivity contribution < 1.29 is 4.79 Å². The Kier molecular flexibility index (Phi) is 7.00. The Bertz CT molecular complexity index is 1050. The molecule has 1 aromatic heterocycles. The second-order valence-electron chi connectivity index (χ2n) is 7.71. The number of H-pyrrole nitrogens is 1. The van der Waals surface area contributed by atoms with E-state index in [2.05, 4.69) is 28.7 Å². The van der Waals surface area contributed by atoms with E-state index in [0.717, 1.165) is 19.6 Å². The number of nitrogens with zero attached hydrogens (tertiary/aromatic N) is 3. The summed E-state index contributed by atoms with van der Waals surface area (Å²) in [6.07, 6.45) is 0. The fourth-order valence-corrected chi connectivity index (χ4v) is 3.48. The van der Waals surface area contributed by atoms with Gasteiger partial charge in [0.25, 0.3) is 11.5 Å². The van der Waals surface area contributed by atoms with E-state index in [-0.39, 0.29) is 24.1 Å². The van der Waals surface area contributed by atoms with E-state index in [1.807, 2.05) is 56.3 Å². The van der Waals surface area contributed by atoms with Crippen LogP contribution in [0, 0.1) is 0 Å². The van der Waals surface area contributed by atoms with Crippen molar-refractivity contribution in [3.05, 3.63) is 75.8 Å². The van der Waals surface area contributed by atoms with Crippen LogP contribution >= 0.6 is 0 Å². The lowest BCUT2D eigenvalue weighted by Crippen LogP contribution is -2.37. The van der Waals surface area contributed by atoms with E-state index < -0.39 is 0 Å². The summed E-state index contributed by atoms with van der Waals surface area (Å²) in [6.45, 7) is 11.3. The largest absolute Gasteiger partial charge is 0.329 e. The zero-order chi connectivity index (χ0) is 21.7. The van der Waals surface area contributed by atoms with Crippen molar-refractivity contribution in [3.63, 3.8) is 0 Å². The number of amides is 1. The molecule has 2 aromatic carbocycles. The molecule has 158 valence electrons. The first-order valence-corrected chi connectivity index (χ1v) is 10.5. The summed E-state index contributed by atoms with van der Waals surface area (Å²) in [6, 6.07) is 15.0. The maximum absolute atomic E-state index is 13.2. The van der Waals surface area contributed by atoms with E-state index in [1.165, 1.54) is 5.56 Å². The highest BCUT2D eigenvalue weighted by Crippen LogP contribution is 2.15. The van der Waals surface area contributed by atoms with Crippen LogP contribution in [0.15, 0.2) is 53.3 Å². The number of aromatic amines is 1. The van der Waals surface area contributed by atoms with Crippen molar-refractivity contribution in [2.24, 2.45) is 0 Å². The standard InChI is InChI=1S/C24H30N4O2/c1-5-27(6-2)15-18-11-13-19(14-12-18)24(30)28(17(3)4)16-22-25-21-10-8-7-9-20(21)23(29)26-22/h7-14,17H,5-6,15-16H2,1-4H3,(H,25,26,29). The fourth-order valence-electron chi connectivity index (χ4n) is 3.48. The number of para-hydroxylation sites is 1. The molecule has 0 atom stereocenters. The van der Waals surface area contributed by atoms with Gasteiger partial charge in [-0.3, -0.25) is 14.5 Å². The molecule has 1 amide bonds. The lowest BCUT2D eigenvalue weighted by Gasteiger charge is -2.26. The van der Waals surface area contributed by atoms with E-state index in [9.17, 15) is 9.59 Å². The first kappa shape index (κ1) is 21.7. The number of fused-ring (bicyclic) bond motifs is 1. The third-order valence-corrected chi connectivity index (χ3v) is 5.37.